The smallest absolute Gasteiger partial charge is 0.251 e. The van der Waals surface area contributed by atoms with Crippen LogP contribution in [0.4, 0.5) is 5.69 Å². The topological polar surface area (TPSA) is 80.9 Å². The van der Waals surface area contributed by atoms with Crippen molar-refractivity contribution in [1.82, 2.24) is 15.3 Å². The maximum absolute atomic E-state index is 11.9. The van der Waals surface area contributed by atoms with E-state index in [9.17, 15) is 4.79 Å². The van der Waals surface area contributed by atoms with Gasteiger partial charge < -0.3 is 11.1 Å². The van der Waals surface area contributed by atoms with Gasteiger partial charge in [0.2, 0.25) is 0 Å². The number of hydrogen-bond acceptors (Lipinski definition) is 4. The van der Waals surface area contributed by atoms with Crippen LogP contribution in [-0.4, -0.2) is 15.9 Å². The van der Waals surface area contributed by atoms with E-state index in [1.165, 1.54) is 6.07 Å². The van der Waals surface area contributed by atoms with Gasteiger partial charge in [0.1, 0.15) is 5.82 Å². The molecule has 0 aliphatic heterocycles. The third-order valence-electron chi connectivity index (χ3n) is 2.53. The summed E-state index contributed by atoms with van der Waals surface area (Å²) in [4.78, 5) is 20.1. The fourth-order valence-corrected chi connectivity index (χ4v) is 1.73. The highest BCUT2D eigenvalue weighted by Gasteiger charge is 2.07. The molecule has 19 heavy (non-hydrogen) atoms. The van der Waals surface area contributed by atoms with Crippen molar-refractivity contribution in [3.05, 3.63) is 52.6 Å². The van der Waals surface area contributed by atoms with Gasteiger partial charge in [-0.05, 0) is 31.2 Å². The number of nitrogen functional groups attached to an aromatic ring is 1. The average Bonchev–Trinajstić information content (AvgIpc) is 2.39. The van der Waals surface area contributed by atoms with E-state index >= 15 is 0 Å². The Balaban J connectivity index is 2.03. The molecule has 1 aromatic heterocycles. The summed E-state index contributed by atoms with van der Waals surface area (Å²) in [6.07, 6.45) is 1.66. The van der Waals surface area contributed by atoms with Gasteiger partial charge in [-0.1, -0.05) is 11.6 Å². The predicted molar refractivity (Wildman–Crippen MR) is 73.8 cm³/mol. The Kier molecular flexibility index (Phi) is 3.97. The van der Waals surface area contributed by atoms with Gasteiger partial charge in [-0.3, -0.25) is 4.79 Å². The third kappa shape index (κ3) is 3.42. The third-order valence-corrected chi connectivity index (χ3v) is 2.85. The van der Waals surface area contributed by atoms with Crippen LogP contribution in [-0.2, 0) is 6.54 Å². The summed E-state index contributed by atoms with van der Waals surface area (Å²) in [5.74, 6) is 0.445. The molecule has 0 aliphatic carbocycles. The Morgan fingerprint density at radius 3 is 2.89 bits per heavy atom. The highest BCUT2D eigenvalue weighted by atomic mass is 35.5. The molecule has 2 rings (SSSR count). The summed E-state index contributed by atoms with van der Waals surface area (Å²) >= 11 is 5.87. The normalized spacial score (nSPS) is 10.2. The predicted octanol–water partition coefficient (Wildman–Crippen LogP) is 1.95. The molecular weight excluding hydrogens is 264 g/mol. The Labute approximate surface area is 115 Å². The standard InChI is InChI=1S/C13H13ClN4O/c1-8-16-5-4-10(18-8)7-17-13(19)9-2-3-12(15)11(14)6-9/h2-6H,7,15H2,1H3,(H,17,19). The summed E-state index contributed by atoms with van der Waals surface area (Å²) in [7, 11) is 0. The highest BCUT2D eigenvalue weighted by Crippen LogP contribution is 2.19. The number of amides is 1. The van der Waals surface area contributed by atoms with Gasteiger partial charge in [0, 0.05) is 11.8 Å². The van der Waals surface area contributed by atoms with Crippen LogP contribution in [0.3, 0.4) is 0 Å². The first-order valence-corrected chi connectivity index (χ1v) is 6.06. The van der Waals surface area contributed by atoms with Gasteiger partial charge in [0.25, 0.3) is 5.91 Å². The Bertz CT molecular complexity index is 615. The van der Waals surface area contributed by atoms with Crippen molar-refractivity contribution >= 4 is 23.2 Å². The summed E-state index contributed by atoms with van der Waals surface area (Å²) in [6, 6.07) is 6.52. The van der Waals surface area contributed by atoms with E-state index in [4.69, 9.17) is 17.3 Å². The van der Waals surface area contributed by atoms with Crippen LogP contribution >= 0.6 is 11.6 Å². The maximum Gasteiger partial charge on any atom is 0.251 e. The fraction of sp³-hybridized carbons (Fsp3) is 0.154. The molecule has 0 saturated carbocycles. The second kappa shape index (κ2) is 5.67. The lowest BCUT2D eigenvalue weighted by molar-refractivity contribution is 0.0950. The molecule has 1 aromatic carbocycles. The van der Waals surface area contributed by atoms with Crippen LogP contribution in [0.5, 0.6) is 0 Å². The number of benzene rings is 1. The van der Waals surface area contributed by atoms with Crippen LogP contribution in [0.2, 0.25) is 5.02 Å². The molecule has 0 unspecified atom stereocenters. The second-order valence-corrected chi connectivity index (χ2v) is 4.42. The van der Waals surface area contributed by atoms with Crippen molar-refractivity contribution in [2.24, 2.45) is 0 Å². The SMILES string of the molecule is Cc1nccc(CNC(=O)c2ccc(N)c(Cl)c2)n1. The quantitative estimate of drug-likeness (QED) is 0.840. The van der Waals surface area contributed by atoms with Crippen molar-refractivity contribution in [1.29, 1.82) is 0 Å². The summed E-state index contributed by atoms with van der Waals surface area (Å²) in [6.45, 7) is 2.13. The summed E-state index contributed by atoms with van der Waals surface area (Å²) in [5.41, 5.74) is 7.25. The number of nitrogens with one attached hydrogen (secondary N) is 1. The van der Waals surface area contributed by atoms with Gasteiger partial charge in [-0.2, -0.15) is 0 Å². The molecule has 3 N–H and O–H groups in total. The first-order chi connectivity index (χ1) is 9.06. The van der Waals surface area contributed by atoms with E-state index < -0.39 is 0 Å². The van der Waals surface area contributed by atoms with Crippen LogP contribution in [0, 0.1) is 6.92 Å². The molecule has 0 bridgehead atoms. The summed E-state index contributed by atoms with van der Waals surface area (Å²) < 4.78 is 0. The number of aryl methyl sites for hydroxylation is 1. The number of hydrogen-bond donors (Lipinski definition) is 2. The van der Waals surface area contributed by atoms with Gasteiger partial charge in [0.15, 0.2) is 0 Å². The van der Waals surface area contributed by atoms with Crippen LogP contribution < -0.4 is 11.1 Å². The molecule has 98 valence electrons. The Hall–Kier alpha value is -2.14. The van der Waals surface area contributed by atoms with Gasteiger partial charge >= 0.3 is 0 Å². The minimum atomic E-state index is -0.224. The monoisotopic (exact) mass is 276 g/mol. The molecule has 6 heteroatoms. The van der Waals surface area contributed by atoms with Crippen LogP contribution in [0.15, 0.2) is 30.5 Å². The van der Waals surface area contributed by atoms with Crippen LogP contribution in [0.1, 0.15) is 21.9 Å². The Morgan fingerprint density at radius 1 is 1.42 bits per heavy atom. The molecule has 0 aliphatic rings. The lowest BCUT2D eigenvalue weighted by Crippen LogP contribution is -2.23. The molecule has 2 aromatic rings. The van der Waals surface area contributed by atoms with E-state index in [2.05, 4.69) is 15.3 Å². The largest absolute Gasteiger partial charge is 0.398 e. The van der Waals surface area contributed by atoms with Crippen molar-refractivity contribution in [2.45, 2.75) is 13.5 Å². The molecule has 0 atom stereocenters. The van der Waals surface area contributed by atoms with E-state index in [-0.39, 0.29) is 5.91 Å². The molecular formula is C13H13ClN4O. The summed E-state index contributed by atoms with van der Waals surface area (Å²) in [5, 5.41) is 3.13. The lowest BCUT2D eigenvalue weighted by Gasteiger charge is -2.06. The van der Waals surface area contributed by atoms with Crippen LogP contribution in [0.25, 0.3) is 0 Å². The van der Waals surface area contributed by atoms with E-state index in [0.29, 0.717) is 28.6 Å². The number of rotatable bonds is 3. The first-order valence-electron chi connectivity index (χ1n) is 5.68. The molecule has 0 saturated heterocycles. The molecule has 1 amide bonds. The molecule has 0 spiro atoms. The number of anilines is 1. The average molecular weight is 277 g/mol. The molecule has 5 nitrogen and oxygen atoms in total. The van der Waals surface area contributed by atoms with E-state index in [1.807, 2.05) is 0 Å². The number of carbonyl (C=O) groups is 1. The number of nitrogens with zero attached hydrogens (tertiary/aromatic N) is 2. The van der Waals surface area contributed by atoms with E-state index in [1.54, 1.807) is 31.3 Å². The molecule has 0 fully saturated rings. The maximum atomic E-state index is 11.9. The minimum absolute atomic E-state index is 0.224. The number of halogens is 1. The number of carbonyl (C=O) groups excluding carboxylic acids is 1. The zero-order chi connectivity index (χ0) is 13.8. The zero-order valence-electron chi connectivity index (χ0n) is 10.4. The number of aromatic nitrogens is 2. The van der Waals surface area contributed by atoms with Crippen molar-refractivity contribution in [3.8, 4) is 0 Å². The Morgan fingerprint density at radius 2 is 2.21 bits per heavy atom. The first kappa shape index (κ1) is 13.3. The lowest BCUT2D eigenvalue weighted by atomic mass is 10.2. The molecule has 1 heterocycles. The zero-order valence-corrected chi connectivity index (χ0v) is 11.1. The minimum Gasteiger partial charge on any atom is -0.398 e. The van der Waals surface area contributed by atoms with Crippen molar-refractivity contribution in [2.75, 3.05) is 5.73 Å². The van der Waals surface area contributed by atoms with Gasteiger partial charge in [-0.15, -0.1) is 0 Å². The van der Waals surface area contributed by atoms with Crippen molar-refractivity contribution in [3.63, 3.8) is 0 Å². The number of nitrogens with two attached hydrogens (primary N) is 1. The van der Waals surface area contributed by atoms with Gasteiger partial charge in [0.05, 0.1) is 22.9 Å². The fourth-order valence-electron chi connectivity index (χ4n) is 1.54. The van der Waals surface area contributed by atoms with E-state index in [0.717, 1.165) is 5.69 Å². The highest BCUT2D eigenvalue weighted by molar-refractivity contribution is 6.33. The molecule has 0 radical (unpaired) electrons. The van der Waals surface area contributed by atoms with Crippen molar-refractivity contribution < 1.29 is 4.79 Å². The second-order valence-electron chi connectivity index (χ2n) is 4.01. The van der Waals surface area contributed by atoms with Gasteiger partial charge in [-0.25, -0.2) is 9.97 Å².